The zero-order chi connectivity index (χ0) is 14.2. The van der Waals surface area contributed by atoms with Crippen LogP contribution >= 0.6 is 0 Å². The smallest absolute Gasteiger partial charge is 0.465 e. The molecule has 19 heavy (non-hydrogen) atoms. The van der Waals surface area contributed by atoms with E-state index in [1.54, 1.807) is 0 Å². The van der Waals surface area contributed by atoms with E-state index in [-0.39, 0.29) is 16.9 Å². The van der Waals surface area contributed by atoms with Crippen molar-refractivity contribution >= 4 is 22.7 Å². The lowest BCUT2D eigenvalue weighted by molar-refractivity contribution is -0.274. The molecule has 0 aliphatic heterocycles. The van der Waals surface area contributed by atoms with Gasteiger partial charge in [0, 0.05) is 11.5 Å². The van der Waals surface area contributed by atoms with Gasteiger partial charge in [0.2, 0.25) is 0 Å². The monoisotopic (exact) mass is 274 g/mol. The number of methoxy groups -OCH3 is 1. The Balaban J connectivity index is 2.49. The number of nitrogen functional groups attached to an aromatic ring is 1. The van der Waals surface area contributed by atoms with Gasteiger partial charge in [-0.25, -0.2) is 4.79 Å². The lowest BCUT2D eigenvalue weighted by Gasteiger charge is -2.08. The number of nitrogens with one attached hydrogen (secondary N) is 1. The Labute approximate surface area is 105 Å². The molecule has 0 radical (unpaired) electrons. The minimum atomic E-state index is -4.78. The molecule has 0 fully saturated rings. The summed E-state index contributed by atoms with van der Waals surface area (Å²) >= 11 is 0. The molecule has 0 unspecified atom stereocenters. The number of aromatic nitrogens is 1. The fourth-order valence-corrected chi connectivity index (χ4v) is 1.72. The number of esters is 1. The second-order valence-corrected chi connectivity index (χ2v) is 3.66. The predicted molar refractivity (Wildman–Crippen MR) is 60.7 cm³/mol. The van der Waals surface area contributed by atoms with Crippen LogP contribution in [0.5, 0.6) is 5.75 Å². The second-order valence-electron chi connectivity index (χ2n) is 3.66. The van der Waals surface area contributed by atoms with Crippen LogP contribution in [0.25, 0.3) is 10.9 Å². The highest BCUT2D eigenvalue weighted by Gasteiger charge is 2.31. The lowest BCUT2D eigenvalue weighted by atomic mass is 10.1. The average molecular weight is 274 g/mol. The molecule has 0 amide bonds. The Morgan fingerprint density at radius 1 is 1.37 bits per heavy atom. The highest BCUT2D eigenvalue weighted by Crippen LogP contribution is 2.30. The van der Waals surface area contributed by atoms with Gasteiger partial charge in [-0.1, -0.05) is 0 Å². The number of hydrogen-bond acceptors (Lipinski definition) is 4. The minimum absolute atomic E-state index is 0.0195. The molecule has 0 atom stereocenters. The van der Waals surface area contributed by atoms with Crippen LogP contribution in [0.15, 0.2) is 18.2 Å². The number of rotatable bonds is 2. The van der Waals surface area contributed by atoms with Crippen LogP contribution in [0.4, 0.5) is 19.0 Å². The summed E-state index contributed by atoms with van der Waals surface area (Å²) in [6, 6.07) is 3.50. The zero-order valence-electron chi connectivity index (χ0n) is 9.67. The molecule has 102 valence electrons. The number of H-pyrrole nitrogens is 1. The maximum Gasteiger partial charge on any atom is 0.573 e. The highest BCUT2D eigenvalue weighted by molar-refractivity contribution is 6.09. The molecule has 2 rings (SSSR count). The number of alkyl halides is 3. The van der Waals surface area contributed by atoms with Gasteiger partial charge in [0.15, 0.2) is 0 Å². The Morgan fingerprint density at radius 2 is 2.05 bits per heavy atom. The molecule has 0 spiro atoms. The SMILES string of the molecule is COC(=O)c1c(N)[nH]c2cc(OC(F)(F)F)ccc12. The van der Waals surface area contributed by atoms with Gasteiger partial charge in [-0.2, -0.15) is 0 Å². The fraction of sp³-hybridized carbons (Fsp3) is 0.182. The average Bonchev–Trinajstić information content (AvgIpc) is 2.61. The maximum atomic E-state index is 12.1. The molecule has 8 heteroatoms. The van der Waals surface area contributed by atoms with E-state index in [9.17, 15) is 18.0 Å². The van der Waals surface area contributed by atoms with Crippen LogP contribution in [0.3, 0.4) is 0 Å². The molecule has 2 aromatic rings. The second kappa shape index (κ2) is 4.38. The molecule has 1 aromatic heterocycles. The van der Waals surface area contributed by atoms with E-state index < -0.39 is 18.1 Å². The number of aromatic amines is 1. The number of ether oxygens (including phenoxy) is 2. The van der Waals surface area contributed by atoms with E-state index in [4.69, 9.17) is 5.73 Å². The van der Waals surface area contributed by atoms with E-state index in [0.717, 1.165) is 12.1 Å². The molecule has 0 saturated heterocycles. The Kier molecular flexibility index (Phi) is 3.01. The van der Waals surface area contributed by atoms with Crippen LogP contribution < -0.4 is 10.5 Å². The number of carbonyl (C=O) groups is 1. The van der Waals surface area contributed by atoms with E-state index in [1.165, 1.54) is 13.2 Å². The summed E-state index contributed by atoms with van der Waals surface area (Å²) in [7, 11) is 1.18. The largest absolute Gasteiger partial charge is 0.573 e. The summed E-state index contributed by atoms with van der Waals surface area (Å²) in [6.07, 6.45) is -4.78. The number of hydrogen-bond donors (Lipinski definition) is 2. The number of nitrogens with two attached hydrogens (primary N) is 1. The lowest BCUT2D eigenvalue weighted by Crippen LogP contribution is -2.16. The topological polar surface area (TPSA) is 77.3 Å². The van der Waals surface area contributed by atoms with Gasteiger partial charge in [-0.05, 0) is 12.1 Å². The highest BCUT2D eigenvalue weighted by atomic mass is 19.4. The van der Waals surface area contributed by atoms with Gasteiger partial charge in [-0.3, -0.25) is 0 Å². The van der Waals surface area contributed by atoms with Gasteiger partial charge >= 0.3 is 12.3 Å². The number of carbonyl (C=O) groups excluding carboxylic acids is 1. The molecule has 3 N–H and O–H groups in total. The third-order valence-electron chi connectivity index (χ3n) is 2.42. The van der Waals surface area contributed by atoms with Crippen molar-refractivity contribution in [2.24, 2.45) is 0 Å². The van der Waals surface area contributed by atoms with Crippen LogP contribution in [-0.4, -0.2) is 24.4 Å². The maximum absolute atomic E-state index is 12.1. The first-order valence-electron chi connectivity index (χ1n) is 5.07. The molecule has 0 aliphatic carbocycles. The van der Waals surface area contributed by atoms with Crippen LogP contribution in [0.1, 0.15) is 10.4 Å². The number of benzene rings is 1. The summed E-state index contributed by atoms with van der Waals surface area (Å²) < 4.78 is 44.5. The van der Waals surface area contributed by atoms with Gasteiger partial charge in [-0.15, -0.1) is 13.2 Å². The molecule has 0 saturated carbocycles. The summed E-state index contributed by atoms with van der Waals surface area (Å²) in [5.41, 5.74) is 5.92. The van der Waals surface area contributed by atoms with Crippen LogP contribution in [0.2, 0.25) is 0 Å². The van der Waals surface area contributed by atoms with Gasteiger partial charge in [0.25, 0.3) is 0 Å². The van der Waals surface area contributed by atoms with Crippen molar-refractivity contribution in [3.8, 4) is 5.75 Å². The number of fused-ring (bicyclic) bond motifs is 1. The number of halogens is 3. The fourth-order valence-electron chi connectivity index (χ4n) is 1.72. The van der Waals surface area contributed by atoms with Gasteiger partial charge in [0.1, 0.15) is 17.1 Å². The molecule has 1 aromatic carbocycles. The summed E-state index contributed by atoms with van der Waals surface area (Å²) in [5.74, 6) is -1.06. The van der Waals surface area contributed by atoms with E-state index in [1.807, 2.05) is 0 Å². The first kappa shape index (κ1) is 13.1. The first-order valence-corrected chi connectivity index (χ1v) is 5.07. The van der Waals surface area contributed by atoms with Crippen molar-refractivity contribution in [2.45, 2.75) is 6.36 Å². The van der Waals surface area contributed by atoms with Crippen molar-refractivity contribution in [3.05, 3.63) is 23.8 Å². The molecule has 1 heterocycles. The third-order valence-corrected chi connectivity index (χ3v) is 2.42. The van der Waals surface area contributed by atoms with Crippen molar-refractivity contribution in [2.75, 3.05) is 12.8 Å². The standard InChI is InChI=1S/C11H9F3N2O3/c1-18-10(17)8-6-3-2-5(19-11(12,13)14)4-7(6)16-9(8)15/h2-4,16H,15H2,1H3. The third kappa shape index (κ3) is 2.56. The van der Waals surface area contributed by atoms with Crippen molar-refractivity contribution in [3.63, 3.8) is 0 Å². The quantitative estimate of drug-likeness (QED) is 0.824. The van der Waals surface area contributed by atoms with Crippen molar-refractivity contribution in [1.82, 2.24) is 4.98 Å². The van der Waals surface area contributed by atoms with Crippen LogP contribution in [-0.2, 0) is 4.74 Å². The van der Waals surface area contributed by atoms with Crippen molar-refractivity contribution in [1.29, 1.82) is 0 Å². The summed E-state index contributed by atoms with van der Waals surface area (Å²) in [5, 5.41) is 0.360. The minimum Gasteiger partial charge on any atom is -0.465 e. The normalized spacial score (nSPS) is 11.6. The van der Waals surface area contributed by atoms with Gasteiger partial charge in [0.05, 0.1) is 12.6 Å². The van der Waals surface area contributed by atoms with E-state index in [0.29, 0.717) is 5.39 Å². The Hall–Kier alpha value is -2.38. The van der Waals surface area contributed by atoms with E-state index in [2.05, 4.69) is 14.5 Å². The Bertz CT molecular complexity index is 634. The molecular formula is C11H9F3N2O3. The van der Waals surface area contributed by atoms with E-state index >= 15 is 0 Å². The molecule has 0 aliphatic rings. The first-order chi connectivity index (χ1) is 8.81. The summed E-state index contributed by atoms with van der Waals surface area (Å²) in [4.78, 5) is 14.1. The van der Waals surface area contributed by atoms with Crippen LogP contribution in [0, 0.1) is 0 Å². The Morgan fingerprint density at radius 3 is 2.63 bits per heavy atom. The van der Waals surface area contributed by atoms with Gasteiger partial charge < -0.3 is 20.2 Å². The van der Waals surface area contributed by atoms with Crippen molar-refractivity contribution < 1.29 is 27.4 Å². The number of anilines is 1. The zero-order valence-corrected chi connectivity index (χ0v) is 9.67. The molecular weight excluding hydrogens is 265 g/mol. The summed E-state index contributed by atoms with van der Waals surface area (Å²) in [6.45, 7) is 0. The predicted octanol–water partition coefficient (Wildman–Crippen LogP) is 2.44. The molecule has 0 bridgehead atoms. The molecule has 5 nitrogen and oxygen atoms in total.